The Labute approximate surface area is 147 Å². The Morgan fingerprint density at radius 3 is 2.58 bits per heavy atom. The summed E-state index contributed by atoms with van der Waals surface area (Å²) in [7, 11) is 0. The zero-order chi connectivity index (χ0) is 16.7. The van der Waals surface area contributed by atoms with Crippen molar-refractivity contribution in [3.63, 3.8) is 0 Å². The van der Waals surface area contributed by atoms with Gasteiger partial charge in [0.05, 0.1) is 5.92 Å². The van der Waals surface area contributed by atoms with E-state index < -0.39 is 12.6 Å². The van der Waals surface area contributed by atoms with Crippen LogP contribution >= 0.6 is 12.4 Å². The number of carbonyl (C=O) groups excluding carboxylic acids is 1. The fourth-order valence-corrected chi connectivity index (χ4v) is 2.20. The maximum absolute atomic E-state index is 12.4. The van der Waals surface area contributed by atoms with Crippen LogP contribution in [-0.4, -0.2) is 19.2 Å². The van der Waals surface area contributed by atoms with Crippen LogP contribution in [0.5, 0.6) is 5.75 Å². The highest BCUT2D eigenvalue weighted by Crippen LogP contribution is 2.22. The van der Waals surface area contributed by atoms with E-state index in [1.807, 2.05) is 30.3 Å². The molecule has 0 fully saturated rings. The van der Waals surface area contributed by atoms with Crippen molar-refractivity contribution in [3.05, 3.63) is 60.2 Å². The van der Waals surface area contributed by atoms with Gasteiger partial charge in [0.1, 0.15) is 19.0 Å². The first kappa shape index (κ1) is 19.9. The first-order valence-corrected chi connectivity index (χ1v) is 7.52. The average Bonchev–Trinajstić information content (AvgIpc) is 2.59. The molecule has 6 heteroatoms. The molecule has 0 aliphatic carbocycles. The van der Waals surface area contributed by atoms with Gasteiger partial charge in [0, 0.05) is 17.8 Å². The molecule has 2 atom stereocenters. The Kier molecular flexibility index (Phi) is 8.22. The third kappa shape index (κ3) is 5.51. The van der Waals surface area contributed by atoms with Crippen molar-refractivity contribution in [2.24, 2.45) is 11.7 Å². The molecule has 4 nitrogen and oxygen atoms in total. The van der Waals surface area contributed by atoms with Crippen molar-refractivity contribution in [1.29, 1.82) is 0 Å². The van der Waals surface area contributed by atoms with Crippen LogP contribution in [0.15, 0.2) is 54.6 Å². The van der Waals surface area contributed by atoms with Crippen LogP contribution in [0.4, 0.5) is 10.1 Å². The van der Waals surface area contributed by atoms with Gasteiger partial charge in [-0.05, 0) is 17.7 Å². The van der Waals surface area contributed by atoms with E-state index in [9.17, 15) is 9.18 Å². The highest BCUT2D eigenvalue weighted by atomic mass is 35.5. The predicted molar refractivity (Wildman–Crippen MR) is 96.3 cm³/mol. The smallest absolute Gasteiger partial charge is 0.229 e. The second-order valence-corrected chi connectivity index (χ2v) is 5.28. The molecule has 0 heterocycles. The van der Waals surface area contributed by atoms with Crippen LogP contribution in [0, 0.1) is 5.92 Å². The highest BCUT2D eigenvalue weighted by Gasteiger charge is 2.22. The Morgan fingerprint density at radius 2 is 1.92 bits per heavy atom. The lowest BCUT2D eigenvalue weighted by Gasteiger charge is -2.20. The number of hydrogen-bond donors (Lipinski definition) is 2. The minimum Gasteiger partial charge on any atom is -0.491 e. The van der Waals surface area contributed by atoms with Crippen LogP contribution in [0.3, 0.4) is 0 Å². The van der Waals surface area contributed by atoms with E-state index in [0.29, 0.717) is 11.4 Å². The lowest BCUT2D eigenvalue weighted by Crippen LogP contribution is -2.30. The number of hydrogen-bond acceptors (Lipinski definition) is 3. The number of benzene rings is 2. The van der Waals surface area contributed by atoms with E-state index >= 15 is 0 Å². The zero-order valence-corrected chi connectivity index (χ0v) is 14.3. The number of anilines is 1. The molecule has 2 aromatic rings. The fraction of sp³-hybridized carbons (Fsp3) is 0.278. The van der Waals surface area contributed by atoms with E-state index in [-0.39, 0.29) is 31.0 Å². The lowest BCUT2D eigenvalue weighted by atomic mass is 9.94. The van der Waals surface area contributed by atoms with E-state index in [0.717, 1.165) is 5.56 Å². The second-order valence-electron chi connectivity index (χ2n) is 5.28. The van der Waals surface area contributed by atoms with Gasteiger partial charge in [0.25, 0.3) is 0 Å². The van der Waals surface area contributed by atoms with Crippen molar-refractivity contribution in [2.75, 3.05) is 18.6 Å². The number of nitrogens with two attached hydrogens (primary N) is 1. The quantitative estimate of drug-likeness (QED) is 0.798. The first-order chi connectivity index (χ1) is 11.1. The number of ether oxygens (including phenoxy) is 1. The van der Waals surface area contributed by atoms with Crippen molar-refractivity contribution < 1.29 is 13.9 Å². The number of rotatable bonds is 7. The molecule has 0 saturated carbocycles. The van der Waals surface area contributed by atoms with Crippen LogP contribution in [0.2, 0.25) is 0 Å². The fourth-order valence-electron chi connectivity index (χ4n) is 2.20. The van der Waals surface area contributed by atoms with Crippen LogP contribution in [-0.2, 0) is 4.79 Å². The van der Waals surface area contributed by atoms with Crippen molar-refractivity contribution >= 4 is 24.0 Å². The molecule has 0 aliphatic rings. The molecule has 0 aliphatic heterocycles. The van der Waals surface area contributed by atoms with Gasteiger partial charge in [-0.25, -0.2) is 4.39 Å². The molecule has 2 rings (SSSR count). The number of nitrogens with one attached hydrogen (secondary N) is 1. The molecular weight excluding hydrogens is 331 g/mol. The molecule has 3 N–H and O–H groups in total. The predicted octanol–water partition coefficient (Wildman–Crippen LogP) is 3.73. The highest BCUT2D eigenvalue weighted by molar-refractivity contribution is 5.93. The number of halogens is 2. The van der Waals surface area contributed by atoms with E-state index in [4.69, 9.17) is 10.5 Å². The van der Waals surface area contributed by atoms with Crippen LogP contribution in [0.25, 0.3) is 0 Å². The van der Waals surface area contributed by atoms with Crippen molar-refractivity contribution in [2.45, 2.75) is 13.0 Å². The molecule has 2 aromatic carbocycles. The van der Waals surface area contributed by atoms with Gasteiger partial charge < -0.3 is 15.8 Å². The summed E-state index contributed by atoms with van der Waals surface area (Å²) in [6, 6.07) is 16.0. The molecule has 0 bridgehead atoms. The van der Waals surface area contributed by atoms with E-state index in [2.05, 4.69) is 5.32 Å². The molecule has 0 aromatic heterocycles. The Hall–Kier alpha value is -2.11. The van der Waals surface area contributed by atoms with E-state index in [1.54, 1.807) is 31.2 Å². The van der Waals surface area contributed by atoms with Gasteiger partial charge in [-0.2, -0.15) is 0 Å². The second kappa shape index (κ2) is 9.90. The maximum Gasteiger partial charge on any atom is 0.229 e. The first-order valence-electron chi connectivity index (χ1n) is 7.52. The summed E-state index contributed by atoms with van der Waals surface area (Å²) in [4.78, 5) is 12.4. The minimum atomic E-state index is -0.556. The number of alkyl halides is 1. The van der Waals surface area contributed by atoms with Gasteiger partial charge in [-0.3, -0.25) is 4.79 Å². The number of carbonyl (C=O) groups is 1. The van der Waals surface area contributed by atoms with Gasteiger partial charge in [-0.1, -0.05) is 43.3 Å². The largest absolute Gasteiger partial charge is 0.491 e. The molecule has 0 saturated heterocycles. The lowest BCUT2D eigenvalue weighted by molar-refractivity contribution is -0.120. The number of amides is 1. The molecule has 0 radical (unpaired) electrons. The molecule has 24 heavy (non-hydrogen) atoms. The van der Waals surface area contributed by atoms with Gasteiger partial charge in [0.15, 0.2) is 0 Å². The topological polar surface area (TPSA) is 64.3 Å². The zero-order valence-electron chi connectivity index (χ0n) is 13.4. The normalized spacial score (nSPS) is 12.6. The summed E-state index contributed by atoms with van der Waals surface area (Å²) in [6.07, 6.45) is 0. The summed E-state index contributed by atoms with van der Waals surface area (Å²) in [5.41, 5.74) is 7.67. The van der Waals surface area contributed by atoms with Gasteiger partial charge >= 0.3 is 0 Å². The Morgan fingerprint density at radius 1 is 1.21 bits per heavy atom. The summed E-state index contributed by atoms with van der Waals surface area (Å²) in [5.74, 6) is -0.0581. The molecule has 1 amide bonds. The summed E-state index contributed by atoms with van der Waals surface area (Å²) in [5, 5.41) is 2.82. The SMILES string of the molecule is CC(C(=O)Nc1cccc(OCCF)c1)C(N)c1ccccc1.Cl. The van der Waals surface area contributed by atoms with Crippen molar-refractivity contribution in [1.82, 2.24) is 0 Å². The maximum atomic E-state index is 12.4. The standard InChI is InChI=1S/C18H21FN2O2.ClH/c1-13(17(20)14-6-3-2-4-7-14)18(22)21-15-8-5-9-16(12-15)23-11-10-19;/h2-9,12-13,17H,10-11,20H2,1H3,(H,21,22);1H. The molecule has 0 spiro atoms. The minimum absolute atomic E-state index is 0. The van der Waals surface area contributed by atoms with Gasteiger partial charge in [0.2, 0.25) is 5.91 Å². The summed E-state index contributed by atoms with van der Waals surface area (Å²) < 4.78 is 17.3. The summed E-state index contributed by atoms with van der Waals surface area (Å²) in [6.45, 7) is 1.22. The van der Waals surface area contributed by atoms with Crippen LogP contribution in [0.1, 0.15) is 18.5 Å². The monoisotopic (exact) mass is 352 g/mol. The molecular formula is C18H22ClFN2O2. The van der Waals surface area contributed by atoms with Crippen molar-refractivity contribution in [3.8, 4) is 5.75 Å². The molecule has 2 unspecified atom stereocenters. The Bertz CT molecular complexity index is 640. The van der Waals surface area contributed by atoms with Crippen LogP contribution < -0.4 is 15.8 Å². The average molecular weight is 353 g/mol. The third-order valence-corrected chi connectivity index (χ3v) is 3.58. The Balaban J connectivity index is 0.00000288. The molecule has 130 valence electrons. The third-order valence-electron chi connectivity index (χ3n) is 3.58. The summed E-state index contributed by atoms with van der Waals surface area (Å²) >= 11 is 0. The van der Waals surface area contributed by atoms with Gasteiger partial charge in [-0.15, -0.1) is 12.4 Å². The van der Waals surface area contributed by atoms with E-state index in [1.165, 1.54) is 0 Å².